The Morgan fingerprint density at radius 1 is 1.33 bits per heavy atom. The van der Waals surface area contributed by atoms with Crippen molar-refractivity contribution in [2.75, 3.05) is 16.8 Å². The standard InChI is InChI=1S/C12H16BrFS/c1-2-15-8-7-11(9-13)10-3-5-12(14)6-4-10/h3-6,11H,2,7-9H2,1H3. The van der Waals surface area contributed by atoms with E-state index in [2.05, 4.69) is 22.9 Å². The third-order valence-electron chi connectivity index (χ3n) is 2.34. The maximum Gasteiger partial charge on any atom is 0.123 e. The molecular weight excluding hydrogens is 275 g/mol. The SMILES string of the molecule is CCSCCC(CBr)c1ccc(F)cc1. The third kappa shape index (κ3) is 4.56. The van der Waals surface area contributed by atoms with Gasteiger partial charge in [-0.1, -0.05) is 35.0 Å². The molecule has 1 aromatic rings. The summed E-state index contributed by atoms with van der Waals surface area (Å²) in [5.41, 5.74) is 1.23. The Balaban J connectivity index is 2.53. The smallest absolute Gasteiger partial charge is 0.123 e. The second kappa shape index (κ2) is 7.29. The van der Waals surface area contributed by atoms with Gasteiger partial charge in [-0.05, 0) is 41.5 Å². The lowest BCUT2D eigenvalue weighted by Crippen LogP contribution is -2.02. The molecule has 0 aliphatic rings. The van der Waals surface area contributed by atoms with E-state index in [0.29, 0.717) is 5.92 Å². The summed E-state index contributed by atoms with van der Waals surface area (Å²) < 4.78 is 12.7. The van der Waals surface area contributed by atoms with Crippen molar-refractivity contribution in [2.24, 2.45) is 0 Å². The second-order valence-electron chi connectivity index (χ2n) is 3.39. The lowest BCUT2D eigenvalue weighted by Gasteiger charge is -2.13. The molecule has 0 saturated heterocycles. The van der Waals surface area contributed by atoms with E-state index in [1.54, 1.807) is 0 Å². The number of benzene rings is 1. The summed E-state index contributed by atoms with van der Waals surface area (Å²) in [5.74, 6) is 2.68. The Bertz CT molecular complexity index is 273. The Morgan fingerprint density at radius 3 is 2.53 bits per heavy atom. The third-order valence-corrected chi connectivity index (χ3v) is 4.06. The van der Waals surface area contributed by atoms with Gasteiger partial charge in [0.25, 0.3) is 0 Å². The predicted molar refractivity (Wildman–Crippen MR) is 70.6 cm³/mol. The van der Waals surface area contributed by atoms with Crippen LogP contribution in [0.1, 0.15) is 24.8 Å². The van der Waals surface area contributed by atoms with E-state index in [0.717, 1.165) is 11.8 Å². The van der Waals surface area contributed by atoms with Crippen LogP contribution in [-0.2, 0) is 0 Å². The Kier molecular flexibility index (Phi) is 6.34. The molecule has 15 heavy (non-hydrogen) atoms. The van der Waals surface area contributed by atoms with E-state index in [-0.39, 0.29) is 5.82 Å². The molecule has 1 rings (SSSR count). The van der Waals surface area contributed by atoms with Crippen LogP contribution in [0.2, 0.25) is 0 Å². The van der Waals surface area contributed by atoms with Crippen molar-refractivity contribution in [1.29, 1.82) is 0 Å². The first kappa shape index (κ1) is 13.0. The summed E-state index contributed by atoms with van der Waals surface area (Å²) in [7, 11) is 0. The quantitative estimate of drug-likeness (QED) is 0.551. The first-order valence-corrected chi connectivity index (χ1v) is 7.44. The van der Waals surface area contributed by atoms with Crippen molar-refractivity contribution in [2.45, 2.75) is 19.3 Å². The predicted octanol–water partition coefficient (Wildman–Crippen LogP) is 4.45. The van der Waals surface area contributed by atoms with E-state index in [1.165, 1.54) is 29.2 Å². The fraction of sp³-hybridized carbons (Fsp3) is 0.500. The minimum absolute atomic E-state index is 0.157. The largest absolute Gasteiger partial charge is 0.207 e. The fourth-order valence-corrected chi connectivity index (χ4v) is 2.88. The minimum Gasteiger partial charge on any atom is -0.207 e. The molecule has 0 heterocycles. The number of thioether (sulfide) groups is 1. The molecule has 0 aliphatic carbocycles. The molecule has 3 heteroatoms. The molecule has 0 radical (unpaired) electrons. The molecule has 0 N–H and O–H groups in total. The van der Waals surface area contributed by atoms with Gasteiger partial charge in [-0.2, -0.15) is 11.8 Å². The van der Waals surface area contributed by atoms with Gasteiger partial charge in [0.15, 0.2) is 0 Å². The molecule has 0 amide bonds. The van der Waals surface area contributed by atoms with Gasteiger partial charge in [0.05, 0.1) is 0 Å². The zero-order valence-corrected chi connectivity index (χ0v) is 11.3. The summed E-state index contributed by atoms with van der Waals surface area (Å²) >= 11 is 5.47. The van der Waals surface area contributed by atoms with E-state index < -0.39 is 0 Å². The summed E-state index contributed by atoms with van der Waals surface area (Å²) in [6.45, 7) is 2.17. The van der Waals surface area contributed by atoms with Crippen molar-refractivity contribution in [3.8, 4) is 0 Å². The topological polar surface area (TPSA) is 0 Å². The van der Waals surface area contributed by atoms with E-state index >= 15 is 0 Å². The van der Waals surface area contributed by atoms with Crippen LogP contribution in [0.3, 0.4) is 0 Å². The second-order valence-corrected chi connectivity index (χ2v) is 5.43. The van der Waals surface area contributed by atoms with Gasteiger partial charge in [0.1, 0.15) is 5.82 Å². The van der Waals surface area contributed by atoms with E-state index in [4.69, 9.17) is 0 Å². The number of rotatable bonds is 6. The Morgan fingerprint density at radius 2 is 2.00 bits per heavy atom. The van der Waals surface area contributed by atoms with Crippen LogP contribution >= 0.6 is 27.7 Å². The molecule has 0 fully saturated rings. The van der Waals surface area contributed by atoms with Crippen LogP contribution in [0.25, 0.3) is 0 Å². The molecule has 0 nitrogen and oxygen atoms in total. The normalized spacial score (nSPS) is 12.7. The molecule has 84 valence electrons. The number of alkyl halides is 1. The summed E-state index contributed by atoms with van der Waals surface area (Å²) in [6.07, 6.45) is 1.15. The van der Waals surface area contributed by atoms with Crippen molar-refractivity contribution >= 4 is 27.7 Å². The number of halogens is 2. The van der Waals surface area contributed by atoms with Gasteiger partial charge in [-0.3, -0.25) is 0 Å². The van der Waals surface area contributed by atoms with Gasteiger partial charge in [0.2, 0.25) is 0 Å². The van der Waals surface area contributed by atoms with Crippen molar-refractivity contribution in [1.82, 2.24) is 0 Å². The van der Waals surface area contributed by atoms with Gasteiger partial charge >= 0.3 is 0 Å². The Labute approximate surface area is 104 Å². The molecular formula is C12H16BrFS. The molecule has 0 aliphatic heterocycles. The molecule has 0 bridgehead atoms. The van der Waals surface area contributed by atoms with E-state index in [9.17, 15) is 4.39 Å². The van der Waals surface area contributed by atoms with Crippen LogP contribution < -0.4 is 0 Å². The highest BCUT2D eigenvalue weighted by Crippen LogP contribution is 2.24. The average Bonchev–Trinajstić information content (AvgIpc) is 2.26. The van der Waals surface area contributed by atoms with Crippen LogP contribution in [0.5, 0.6) is 0 Å². The van der Waals surface area contributed by atoms with Crippen LogP contribution in [0, 0.1) is 5.82 Å². The minimum atomic E-state index is -0.157. The summed E-state index contributed by atoms with van der Waals surface area (Å²) in [5, 5.41) is 0.947. The Hall–Kier alpha value is -0.0200. The van der Waals surface area contributed by atoms with Crippen LogP contribution in [-0.4, -0.2) is 16.8 Å². The number of hydrogen-bond donors (Lipinski definition) is 0. The van der Waals surface area contributed by atoms with Gasteiger partial charge < -0.3 is 0 Å². The highest BCUT2D eigenvalue weighted by atomic mass is 79.9. The summed E-state index contributed by atoms with van der Waals surface area (Å²) in [4.78, 5) is 0. The average molecular weight is 291 g/mol. The molecule has 0 aromatic heterocycles. The fourth-order valence-electron chi connectivity index (χ4n) is 1.44. The maximum atomic E-state index is 12.7. The number of hydrogen-bond acceptors (Lipinski definition) is 1. The zero-order chi connectivity index (χ0) is 11.1. The zero-order valence-electron chi connectivity index (χ0n) is 8.88. The highest BCUT2D eigenvalue weighted by molar-refractivity contribution is 9.09. The molecule has 1 aromatic carbocycles. The monoisotopic (exact) mass is 290 g/mol. The molecule has 0 spiro atoms. The van der Waals surface area contributed by atoms with Crippen molar-refractivity contribution in [3.63, 3.8) is 0 Å². The molecule has 1 atom stereocenters. The van der Waals surface area contributed by atoms with Gasteiger partial charge in [-0.15, -0.1) is 0 Å². The van der Waals surface area contributed by atoms with Crippen molar-refractivity contribution in [3.05, 3.63) is 35.6 Å². The van der Waals surface area contributed by atoms with Crippen LogP contribution in [0.15, 0.2) is 24.3 Å². The first-order valence-electron chi connectivity index (χ1n) is 5.17. The maximum absolute atomic E-state index is 12.7. The van der Waals surface area contributed by atoms with Crippen LogP contribution in [0.4, 0.5) is 4.39 Å². The van der Waals surface area contributed by atoms with Crippen molar-refractivity contribution < 1.29 is 4.39 Å². The first-order chi connectivity index (χ1) is 7.27. The summed E-state index contributed by atoms with van der Waals surface area (Å²) in [6, 6.07) is 6.85. The lowest BCUT2D eigenvalue weighted by atomic mass is 9.99. The van der Waals surface area contributed by atoms with E-state index in [1.807, 2.05) is 23.9 Å². The highest BCUT2D eigenvalue weighted by Gasteiger charge is 2.09. The molecule has 0 saturated carbocycles. The van der Waals surface area contributed by atoms with Gasteiger partial charge in [-0.25, -0.2) is 4.39 Å². The lowest BCUT2D eigenvalue weighted by molar-refractivity contribution is 0.625. The van der Waals surface area contributed by atoms with Gasteiger partial charge in [0, 0.05) is 5.33 Å². The molecule has 1 unspecified atom stereocenters.